The monoisotopic (exact) mass is 408 g/mol. The van der Waals surface area contributed by atoms with Crippen LogP contribution in [0.5, 0.6) is 0 Å². The van der Waals surface area contributed by atoms with Crippen LogP contribution in [0.4, 0.5) is 5.82 Å². The van der Waals surface area contributed by atoms with Crippen molar-refractivity contribution in [3.05, 3.63) is 72.0 Å². The van der Waals surface area contributed by atoms with Crippen LogP contribution >= 0.6 is 0 Å². The highest BCUT2D eigenvalue weighted by molar-refractivity contribution is 6.04. The number of aromatic nitrogens is 5. The Bertz CT molecular complexity index is 1560. The van der Waals surface area contributed by atoms with Crippen LogP contribution < -0.4 is 28.2 Å². The minimum atomic E-state index is -0.635. The highest BCUT2D eigenvalue weighted by Crippen LogP contribution is 2.36. The molecule has 10 nitrogen and oxygen atoms in total. The summed E-state index contributed by atoms with van der Waals surface area (Å²) in [4.78, 5) is 54.1. The normalized spacial score (nSPS) is 11.3. The molecule has 10 heteroatoms. The van der Waals surface area contributed by atoms with E-state index >= 15 is 0 Å². The number of hydrogen-bond acceptors (Lipinski definition) is 5. The fourth-order valence-corrected chi connectivity index (χ4v) is 3.69. The second kappa shape index (κ2) is 6.48. The summed E-state index contributed by atoms with van der Waals surface area (Å²) >= 11 is 0. The summed E-state index contributed by atoms with van der Waals surface area (Å²) in [7, 11) is 5.69. The molecule has 0 fully saturated rings. The van der Waals surface area contributed by atoms with Crippen molar-refractivity contribution in [1.82, 2.24) is 23.3 Å². The third-order valence-corrected chi connectivity index (χ3v) is 5.43. The lowest BCUT2D eigenvalue weighted by Crippen LogP contribution is -2.39. The zero-order valence-electron chi connectivity index (χ0n) is 16.9. The molecule has 4 aromatic rings. The minimum Gasteiger partial charge on any atom is -0.384 e. The molecule has 3 heterocycles. The number of nitrogen functional groups attached to an aromatic ring is 1. The van der Waals surface area contributed by atoms with E-state index in [1.807, 2.05) is 18.2 Å². The molecule has 0 aliphatic carbocycles. The van der Waals surface area contributed by atoms with Crippen molar-refractivity contribution in [2.24, 2.45) is 28.2 Å². The minimum absolute atomic E-state index is 0.0143. The highest BCUT2D eigenvalue weighted by Gasteiger charge is 2.26. The van der Waals surface area contributed by atoms with E-state index in [0.29, 0.717) is 11.3 Å². The van der Waals surface area contributed by atoms with Crippen molar-refractivity contribution < 1.29 is 0 Å². The summed E-state index contributed by atoms with van der Waals surface area (Å²) in [5.74, 6) is -0.0721. The number of nitrogens with one attached hydrogen (secondary N) is 1. The van der Waals surface area contributed by atoms with Crippen molar-refractivity contribution in [2.45, 2.75) is 0 Å². The first-order chi connectivity index (χ1) is 14.2. The van der Waals surface area contributed by atoms with Gasteiger partial charge in [-0.2, -0.15) is 0 Å². The van der Waals surface area contributed by atoms with Crippen LogP contribution in [0.25, 0.3) is 33.4 Å². The molecule has 154 valence electrons. The van der Waals surface area contributed by atoms with Crippen molar-refractivity contribution in [1.29, 1.82) is 0 Å². The maximum atomic E-state index is 13.1. The fraction of sp³-hybridized carbons (Fsp3) is 0.200. The first-order valence-corrected chi connectivity index (χ1v) is 9.09. The maximum absolute atomic E-state index is 13.1. The summed E-state index contributed by atoms with van der Waals surface area (Å²) in [6.45, 7) is 0. The van der Waals surface area contributed by atoms with E-state index in [2.05, 4.69) is 4.98 Å². The van der Waals surface area contributed by atoms with Gasteiger partial charge in [0, 0.05) is 33.8 Å². The second-order valence-corrected chi connectivity index (χ2v) is 7.14. The second-order valence-electron chi connectivity index (χ2n) is 7.14. The van der Waals surface area contributed by atoms with Crippen LogP contribution in [0.15, 0.2) is 49.5 Å². The third-order valence-electron chi connectivity index (χ3n) is 5.43. The van der Waals surface area contributed by atoms with Crippen molar-refractivity contribution in [2.75, 3.05) is 5.73 Å². The smallest absolute Gasteiger partial charge is 0.332 e. The predicted molar refractivity (Wildman–Crippen MR) is 115 cm³/mol. The van der Waals surface area contributed by atoms with Crippen LogP contribution in [-0.4, -0.2) is 23.3 Å². The van der Waals surface area contributed by atoms with Gasteiger partial charge in [0.05, 0.1) is 16.6 Å². The van der Waals surface area contributed by atoms with Gasteiger partial charge in [0.1, 0.15) is 11.5 Å². The number of H-pyrrole nitrogens is 1. The molecule has 0 amide bonds. The van der Waals surface area contributed by atoms with Crippen LogP contribution in [0.3, 0.4) is 0 Å². The van der Waals surface area contributed by atoms with Gasteiger partial charge in [-0.15, -0.1) is 0 Å². The summed E-state index contributed by atoms with van der Waals surface area (Å²) in [5.41, 5.74) is 5.56. The van der Waals surface area contributed by atoms with E-state index in [9.17, 15) is 19.2 Å². The van der Waals surface area contributed by atoms with Gasteiger partial charge in [0.2, 0.25) is 0 Å². The Labute approximate surface area is 169 Å². The Morgan fingerprint density at radius 1 is 0.733 bits per heavy atom. The number of hydrogen-bond donors (Lipinski definition) is 2. The number of fused-ring (bicyclic) bond motifs is 1. The molecule has 0 aliphatic rings. The lowest BCUT2D eigenvalue weighted by molar-refractivity contribution is 0.696. The van der Waals surface area contributed by atoms with Crippen LogP contribution in [-0.2, 0) is 28.2 Å². The van der Waals surface area contributed by atoms with E-state index in [4.69, 9.17) is 5.73 Å². The number of aryl methyl sites for hydroxylation is 1. The van der Waals surface area contributed by atoms with Crippen molar-refractivity contribution in [3.63, 3.8) is 0 Å². The first kappa shape index (κ1) is 19.2. The Morgan fingerprint density at radius 3 is 1.93 bits per heavy atom. The molecule has 30 heavy (non-hydrogen) atoms. The molecule has 4 rings (SSSR count). The highest BCUT2D eigenvalue weighted by atomic mass is 16.2. The fourth-order valence-electron chi connectivity index (χ4n) is 3.69. The number of nitrogens with two attached hydrogens (primary N) is 1. The Morgan fingerprint density at radius 2 is 1.30 bits per heavy atom. The molecule has 0 atom stereocenters. The molecule has 0 spiro atoms. The van der Waals surface area contributed by atoms with Gasteiger partial charge >= 0.3 is 11.4 Å². The van der Waals surface area contributed by atoms with Crippen molar-refractivity contribution >= 4 is 16.9 Å². The summed E-state index contributed by atoms with van der Waals surface area (Å²) < 4.78 is 4.36. The average molecular weight is 408 g/mol. The van der Waals surface area contributed by atoms with Gasteiger partial charge < -0.3 is 10.7 Å². The molecule has 1 aromatic carbocycles. The molecule has 0 aliphatic heterocycles. The molecular weight excluding hydrogens is 388 g/mol. The zero-order valence-corrected chi connectivity index (χ0v) is 16.9. The Balaban J connectivity index is 2.35. The number of anilines is 1. The third kappa shape index (κ3) is 2.43. The Kier molecular flexibility index (Phi) is 4.15. The van der Waals surface area contributed by atoms with E-state index in [-0.39, 0.29) is 28.0 Å². The van der Waals surface area contributed by atoms with Gasteiger partial charge in [-0.1, -0.05) is 30.3 Å². The number of aromatic amines is 1. The van der Waals surface area contributed by atoms with Gasteiger partial charge in [-0.05, 0) is 5.56 Å². The summed E-state index contributed by atoms with van der Waals surface area (Å²) in [6.07, 6.45) is 0. The van der Waals surface area contributed by atoms with Crippen molar-refractivity contribution in [3.8, 4) is 22.4 Å². The molecule has 0 radical (unpaired) electrons. The van der Waals surface area contributed by atoms with E-state index in [1.54, 1.807) is 12.1 Å². The topological polar surface area (TPSA) is 130 Å². The zero-order chi connectivity index (χ0) is 21.9. The SMILES string of the molecule is Cn1c(N)c(-c2c(-c3ccccc3)[nH]c3c2c(=O)n(C)c(=O)n3C)c(=O)n(C)c1=O. The molecule has 0 saturated heterocycles. The first-order valence-electron chi connectivity index (χ1n) is 9.09. The number of benzene rings is 1. The lowest BCUT2D eigenvalue weighted by atomic mass is 10.0. The molecule has 0 saturated carbocycles. The Hall–Kier alpha value is -4.08. The van der Waals surface area contributed by atoms with E-state index in [0.717, 1.165) is 13.7 Å². The summed E-state index contributed by atoms with van der Waals surface area (Å²) in [5, 5.41) is 0.140. The number of rotatable bonds is 2. The quantitative estimate of drug-likeness (QED) is 0.478. The molecule has 0 bridgehead atoms. The van der Waals surface area contributed by atoms with E-state index < -0.39 is 22.5 Å². The largest absolute Gasteiger partial charge is 0.384 e. The lowest BCUT2D eigenvalue weighted by Gasteiger charge is -2.13. The van der Waals surface area contributed by atoms with Gasteiger partial charge in [0.25, 0.3) is 11.1 Å². The molecule has 0 unspecified atom stereocenters. The molecule has 3 aromatic heterocycles. The summed E-state index contributed by atoms with van der Waals surface area (Å²) in [6, 6.07) is 9.06. The van der Waals surface area contributed by atoms with Crippen LogP contribution in [0.1, 0.15) is 0 Å². The van der Waals surface area contributed by atoms with Gasteiger partial charge in [-0.25, -0.2) is 9.59 Å². The maximum Gasteiger partial charge on any atom is 0.332 e. The molecular formula is C20H20N6O4. The van der Waals surface area contributed by atoms with Crippen LogP contribution in [0.2, 0.25) is 0 Å². The predicted octanol–water partition coefficient (Wildman–Crippen LogP) is -0.121. The van der Waals surface area contributed by atoms with Gasteiger partial charge in [-0.3, -0.25) is 27.9 Å². The molecule has 3 N–H and O–H groups in total. The van der Waals surface area contributed by atoms with Gasteiger partial charge in [0.15, 0.2) is 0 Å². The van der Waals surface area contributed by atoms with E-state index in [1.165, 1.54) is 32.8 Å². The number of nitrogens with zero attached hydrogens (tertiary/aromatic N) is 4. The van der Waals surface area contributed by atoms with Crippen LogP contribution in [0, 0.1) is 0 Å². The average Bonchev–Trinajstić information content (AvgIpc) is 3.14. The standard InChI is InChI=1S/C20H20N6O4/c1-23-15(21)12(17(27)25(3)19(23)29)11-13-16(24(2)20(30)26(4)18(13)28)22-14(11)10-8-6-5-7-9-10/h5-9,22H,21H2,1-4H3.